The Morgan fingerprint density at radius 3 is 2.62 bits per heavy atom. The van der Waals surface area contributed by atoms with Crippen molar-refractivity contribution in [3.8, 4) is 10.6 Å². The van der Waals surface area contributed by atoms with Crippen molar-refractivity contribution in [3.63, 3.8) is 0 Å². The highest BCUT2D eigenvalue weighted by atomic mass is 32.1. The maximum atomic E-state index is 11.8. The van der Waals surface area contributed by atoms with Crippen LogP contribution in [-0.2, 0) is 14.3 Å². The summed E-state index contributed by atoms with van der Waals surface area (Å²) in [5, 5.41) is 19.7. The molecule has 0 fully saturated rings. The van der Waals surface area contributed by atoms with Crippen LogP contribution in [0.15, 0.2) is 24.5 Å². The van der Waals surface area contributed by atoms with Crippen LogP contribution in [0.4, 0.5) is 0 Å². The van der Waals surface area contributed by atoms with E-state index >= 15 is 0 Å². The van der Waals surface area contributed by atoms with Crippen LogP contribution in [0.25, 0.3) is 10.6 Å². The molecule has 110 valence electrons. The molecule has 21 heavy (non-hydrogen) atoms. The fourth-order valence-electron chi connectivity index (χ4n) is 1.69. The normalized spacial score (nSPS) is 11.9. The molecule has 0 aromatic carbocycles. The van der Waals surface area contributed by atoms with Gasteiger partial charge < -0.3 is 9.94 Å². The first kappa shape index (κ1) is 15.0. The predicted molar refractivity (Wildman–Crippen MR) is 74.4 cm³/mol. The van der Waals surface area contributed by atoms with Gasteiger partial charge in [0.25, 0.3) is 0 Å². The Morgan fingerprint density at radius 1 is 1.38 bits per heavy atom. The number of esters is 1. The SMILES string of the molecule is CCOC(=O)C(C(C)=O)c1nnc(-c2cc[n+]([O-])cc2)s1. The van der Waals surface area contributed by atoms with E-state index in [4.69, 9.17) is 4.74 Å². The lowest BCUT2D eigenvalue weighted by atomic mass is 10.1. The molecule has 0 N–H and O–H groups in total. The van der Waals surface area contributed by atoms with Gasteiger partial charge in [-0.15, -0.1) is 10.2 Å². The number of carbonyl (C=O) groups is 2. The van der Waals surface area contributed by atoms with E-state index in [0.717, 1.165) is 11.3 Å². The van der Waals surface area contributed by atoms with Crippen LogP contribution in [0.5, 0.6) is 0 Å². The molecule has 0 aliphatic carbocycles. The zero-order valence-corrected chi connectivity index (χ0v) is 12.3. The number of pyridine rings is 1. The minimum Gasteiger partial charge on any atom is -0.619 e. The second kappa shape index (κ2) is 6.40. The van der Waals surface area contributed by atoms with Gasteiger partial charge >= 0.3 is 5.97 Å². The largest absolute Gasteiger partial charge is 0.619 e. The van der Waals surface area contributed by atoms with Crippen molar-refractivity contribution >= 4 is 23.1 Å². The second-order valence-corrected chi connectivity index (χ2v) is 5.20. The highest BCUT2D eigenvalue weighted by Gasteiger charge is 2.30. The molecule has 8 heteroatoms. The van der Waals surface area contributed by atoms with Crippen molar-refractivity contribution in [2.45, 2.75) is 19.8 Å². The quantitative estimate of drug-likeness (QED) is 0.355. The van der Waals surface area contributed by atoms with Crippen molar-refractivity contribution in [1.29, 1.82) is 0 Å². The monoisotopic (exact) mass is 307 g/mol. The summed E-state index contributed by atoms with van der Waals surface area (Å²) in [5.74, 6) is -2.02. The predicted octanol–water partition coefficient (Wildman–Crippen LogP) is 1.07. The fourth-order valence-corrected chi connectivity index (χ4v) is 2.68. The summed E-state index contributed by atoms with van der Waals surface area (Å²) in [6.45, 7) is 3.17. The molecule has 0 aliphatic heterocycles. The Bertz CT molecular complexity index is 654. The summed E-state index contributed by atoms with van der Waals surface area (Å²) >= 11 is 1.13. The number of aromatic nitrogens is 3. The Morgan fingerprint density at radius 2 is 2.05 bits per heavy atom. The number of hydrogen-bond donors (Lipinski definition) is 0. The smallest absolute Gasteiger partial charge is 0.323 e. The van der Waals surface area contributed by atoms with Crippen molar-refractivity contribution in [2.75, 3.05) is 6.61 Å². The minimum absolute atomic E-state index is 0.191. The van der Waals surface area contributed by atoms with Crippen LogP contribution in [-0.4, -0.2) is 28.6 Å². The Hall–Kier alpha value is -2.35. The number of ketones is 1. The van der Waals surface area contributed by atoms with E-state index in [0.29, 0.717) is 15.3 Å². The molecule has 0 amide bonds. The zero-order chi connectivity index (χ0) is 15.4. The molecule has 2 aromatic rings. The van der Waals surface area contributed by atoms with E-state index in [9.17, 15) is 14.8 Å². The van der Waals surface area contributed by atoms with Gasteiger partial charge in [-0.1, -0.05) is 11.3 Å². The summed E-state index contributed by atoms with van der Waals surface area (Å²) in [7, 11) is 0. The summed E-state index contributed by atoms with van der Waals surface area (Å²) in [5.41, 5.74) is 0.692. The number of carbonyl (C=O) groups excluding carboxylic acids is 2. The van der Waals surface area contributed by atoms with E-state index < -0.39 is 11.9 Å². The maximum absolute atomic E-state index is 11.8. The first-order valence-corrected chi connectivity index (χ1v) is 7.04. The summed E-state index contributed by atoms with van der Waals surface area (Å²) in [6.07, 6.45) is 2.68. The number of nitrogens with zero attached hydrogens (tertiary/aromatic N) is 3. The Kier molecular flexibility index (Phi) is 4.59. The van der Waals surface area contributed by atoms with Gasteiger partial charge in [-0.05, 0) is 13.8 Å². The maximum Gasteiger partial charge on any atom is 0.323 e. The van der Waals surface area contributed by atoms with Gasteiger partial charge in [0.1, 0.15) is 10.0 Å². The van der Waals surface area contributed by atoms with Crippen LogP contribution < -0.4 is 4.73 Å². The van der Waals surface area contributed by atoms with Crippen LogP contribution in [0.2, 0.25) is 0 Å². The third kappa shape index (κ3) is 3.40. The second-order valence-electron chi connectivity index (χ2n) is 4.19. The molecule has 0 saturated heterocycles. The van der Waals surface area contributed by atoms with Crippen LogP contribution in [0.3, 0.4) is 0 Å². The van der Waals surface area contributed by atoms with Gasteiger partial charge in [0.2, 0.25) is 0 Å². The van der Waals surface area contributed by atoms with Crippen molar-refractivity contribution in [1.82, 2.24) is 10.2 Å². The average molecular weight is 307 g/mol. The molecule has 0 bridgehead atoms. The molecule has 0 saturated carbocycles. The van der Waals surface area contributed by atoms with E-state index in [1.807, 2.05) is 0 Å². The molecular formula is C13H13N3O4S. The Labute approximate surface area is 124 Å². The zero-order valence-electron chi connectivity index (χ0n) is 11.5. The fraction of sp³-hybridized carbons (Fsp3) is 0.308. The molecule has 0 aliphatic rings. The van der Waals surface area contributed by atoms with E-state index in [-0.39, 0.29) is 17.4 Å². The minimum atomic E-state index is -1.05. The van der Waals surface area contributed by atoms with Gasteiger partial charge in [-0.3, -0.25) is 9.59 Å². The molecular weight excluding hydrogens is 294 g/mol. The van der Waals surface area contributed by atoms with Crippen molar-refractivity contribution in [2.24, 2.45) is 0 Å². The van der Waals surface area contributed by atoms with E-state index in [1.165, 1.54) is 19.3 Å². The number of hydrogen-bond acceptors (Lipinski definition) is 7. The molecule has 1 unspecified atom stereocenters. The molecule has 2 heterocycles. The first-order valence-electron chi connectivity index (χ1n) is 6.22. The molecule has 2 aromatic heterocycles. The number of Topliss-reactive ketones (excluding diaryl/α,β-unsaturated/α-hetero) is 1. The lowest BCUT2D eigenvalue weighted by molar-refractivity contribution is -0.605. The lowest BCUT2D eigenvalue weighted by Gasteiger charge is -2.08. The summed E-state index contributed by atoms with van der Waals surface area (Å²) in [6, 6.07) is 3.18. The van der Waals surface area contributed by atoms with Gasteiger partial charge in [0.05, 0.1) is 6.61 Å². The van der Waals surface area contributed by atoms with Gasteiger partial charge in [0, 0.05) is 17.7 Å². The average Bonchev–Trinajstić information content (AvgIpc) is 2.89. The molecule has 0 radical (unpaired) electrons. The summed E-state index contributed by atoms with van der Waals surface area (Å²) in [4.78, 5) is 23.5. The van der Waals surface area contributed by atoms with Gasteiger partial charge in [0.15, 0.2) is 24.1 Å². The highest BCUT2D eigenvalue weighted by molar-refractivity contribution is 7.15. The third-order valence-electron chi connectivity index (χ3n) is 2.67. The standard InChI is InChI=1S/C13H13N3O4S/c1-3-20-13(18)10(8(2)17)12-15-14-11(21-12)9-4-6-16(19)7-5-9/h4-7,10H,3H2,1-2H3. The molecule has 1 atom stereocenters. The van der Waals surface area contributed by atoms with Gasteiger partial charge in [-0.2, -0.15) is 4.73 Å². The van der Waals surface area contributed by atoms with Crippen molar-refractivity contribution < 1.29 is 19.1 Å². The molecule has 0 spiro atoms. The topological polar surface area (TPSA) is 96.1 Å². The third-order valence-corrected chi connectivity index (χ3v) is 3.70. The summed E-state index contributed by atoms with van der Waals surface area (Å²) < 4.78 is 5.54. The van der Waals surface area contributed by atoms with Crippen LogP contribution in [0.1, 0.15) is 24.8 Å². The highest BCUT2D eigenvalue weighted by Crippen LogP contribution is 2.28. The Balaban J connectivity index is 2.30. The molecule has 7 nitrogen and oxygen atoms in total. The van der Waals surface area contributed by atoms with Crippen LogP contribution in [0, 0.1) is 5.21 Å². The van der Waals surface area contributed by atoms with E-state index in [1.54, 1.807) is 19.1 Å². The van der Waals surface area contributed by atoms with Crippen LogP contribution >= 0.6 is 11.3 Å². The van der Waals surface area contributed by atoms with E-state index in [2.05, 4.69) is 10.2 Å². The van der Waals surface area contributed by atoms with Crippen molar-refractivity contribution in [3.05, 3.63) is 34.7 Å². The van der Waals surface area contributed by atoms with Gasteiger partial charge in [-0.25, -0.2) is 0 Å². The first-order chi connectivity index (χ1) is 10.0. The number of ether oxygens (including phenoxy) is 1. The number of rotatable bonds is 5. The molecule has 2 rings (SSSR count). The lowest BCUT2D eigenvalue weighted by Crippen LogP contribution is -2.23.